The van der Waals surface area contributed by atoms with Crippen molar-refractivity contribution in [2.45, 2.75) is 39.2 Å². The zero-order chi connectivity index (χ0) is 17.5. The topological polar surface area (TPSA) is 69.6 Å². The Morgan fingerprint density at radius 1 is 1.46 bits per heavy atom. The lowest BCUT2D eigenvalue weighted by molar-refractivity contribution is -0.149. The molecule has 0 spiro atoms. The maximum Gasteiger partial charge on any atom is 0.311 e. The molecule has 1 saturated heterocycles. The molecule has 2 aliphatic rings. The SMILES string of the molecule is Cc1ccc(NC(=O)C(C)N2C[C@@H]3CCC[C@@]3(C(=O)O)C2)c(Br)c1. The molecule has 2 N–H and O–H groups in total. The van der Waals surface area contributed by atoms with E-state index in [0.717, 1.165) is 35.0 Å². The molecule has 0 radical (unpaired) electrons. The van der Waals surface area contributed by atoms with Gasteiger partial charge in [0.1, 0.15) is 0 Å². The Balaban J connectivity index is 1.69. The molecule has 6 heteroatoms. The molecule has 1 aromatic carbocycles. The molecule has 5 nitrogen and oxygen atoms in total. The summed E-state index contributed by atoms with van der Waals surface area (Å²) < 4.78 is 0.850. The highest BCUT2D eigenvalue weighted by Gasteiger charge is 2.55. The molecule has 1 amide bonds. The first-order valence-corrected chi connectivity index (χ1v) is 9.17. The van der Waals surface area contributed by atoms with Gasteiger partial charge in [-0.2, -0.15) is 0 Å². The average Bonchev–Trinajstić information content (AvgIpc) is 3.07. The van der Waals surface area contributed by atoms with E-state index in [1.54, 1.807) is 0 Å². The van der Waals surface area contributed by atoms with E-state index >= 15 is 0 Å². The molecule has 130 valence electrons. The van der Waals surface area contributed by atoms with E-state index in [1.165, 1.54) is 0 Å². The number of carbonyl (C=O) groups excluding carboxylic acids is 1. The summed E-state index contributed by atoms with van der Waals surface area (Å²) in [5.74, 6) is -0.641. The van der Waals surface area contributed by atoms with E-state index < -0.39 is 11.4 Å². The van der Waals surface area contributed by atoms with Gasteiger partial charge in [-0.1, -0.05) is 12.5 Å². The third-order valence-corrected chi connectivity index (χ3v) is 6.29. The molecule has 0 aromatic heterocycles. The van der Waals surface area contributed by atoms with Crippen LogP contribution in [0.15, 0.2) is 22.7 Å². The van der Waals surface area contributed by atoms with E-state index in [4.69, 9.17) is 0 Å². The number of carbonyl (C=O) groups is 2. The summed E-state index contributed by atoms with van der Waals surface area (Å²) in [4.78, 5) is 26.4. The van der Waals surface area contributed by atoms with Gasteiger partial charge in [0.15, 0.2) is 0 Å². The van der Waals surface area contributed by atoms with Crippen LogP contribution in [-0.4, -0.2) is 41.0 Å². The van der Waals surface area contributed by atoms with E-state index in [0.29, 0.717) is 13.1 Å². The summed E-state index contributed by atoms with van der Waals surface area (Å²) >= 11 is 3.47. The second-order valence-corrected chi connectivity index (χ2v) is 7.98. The fourth-order valence-corrected chi connectivity index (χ4v) is 4.69. The second kappa shape index (κ2) is 6.48. The van der Waals surface area contributed by atoms with E-state index in [-0.39, 0.29) is 17.9 Å². The van der Waals surface area contributed by atoms with Crippen LogP contribution in [0.25, 0.3) is 0 Å². The van der Waals surface area contributed by atoms with Crippen molar-refractivity contribution < 1.29 is 14.7 Å². The molecule has 2 fully saturated rings. The lowest BCUT2D eigenvalue weighted by Crippen LogP contribution is -2.43. The van der Waals surface area contributed by atoms with Gasteiger partial charge in [0, 0.05) is 17.6 Å². The van der Waals surface area contributed by atoms with Crippen molar-refractivity contribution in [1.29, 1.82) is 0 Å². The molecule has 1 aliphatic carbocycles. The number of fused-ring (bicyclic) bond motifs is 1. The van der Waals surface area contributed by atoms with Crippen LogP contribution in [0, 0.1) is 18.3 Å². The summed E-state index contributed by atoms with van der Waals surface area (Å²) in [6.45, 7) is 5.01. The zero-order valence-corrected chi connectivity index (χ0v) is 15.6. The highest BCUT2D eigenvalue weighted by Crippen LogP contribution is 2.49. The largest absolute Gasteiger partial charge is 0.481 e. The third kappa shape index (κ3) is 2.97. The smallest absolute Gasteiger partial charge is 0.311 e. The number of nitrogens with one attached hydrogen (secondary N) is 1. The maximum absolute atomic E-state index is 12.6. The zero-order valence-electron chi connectivity index (χ0n) is 14.0. The van der Waals surface area contributed by atoms with E-state index in [9.17, 15) is 14.7 Å². The quantitative estimate of drug-likeness (QED) is 0.821. The molecule has 3 rings (SSSR count). The van der Waals surface area contributed by atoms with Crippen molar-refractivity contribution in [2.24, 2.45) is 11.3 Å². The normalized spacial score (nSPS) is 27.7. The van der Waals surface area contributed by atoms with Gasteiger partial charge >= 0.3 is 5.97 Å². The van der Waals surface area contributed by atoms with Crippen molar-refractivity contribution in [2.75, 3.05) is 18.4 Å². The maximum atomic E-state index is 12.6. The van der Waals surface area contributed by atoms with Crippen molar-refractivity contribution in [3.8, 4) is 0 Å². The van der Waals surface area contributed by atoms with Crippen LogP contribution in [0.3, 0.4) is 0 Å². The Hall–Kier alpha value is -1.40. The van der Waals surface area contributed by atoms with Crippen LogP contribution in [-0.2, 0) is 9.59 Å². The number of hydrogen-bond donors (Lipinski definition) is 2. The lowest BCUT2D eigenvalue weighted by Gasteiger charge is -2.26. The summed E-state index contributed by atoms with van der Waals surface area (Å²) in [6, 6.07) is 5.44. The molecular formula is C18H23BrN2O3. The van der Waals surface area contributed by atoms with Crippen LogP contribution in [0.2, 0.25) is 0 Å². The van der Waals surface area contributed by atoms with Crippen LogP contribution in [0.1, 0.15) is 31.7 Å². The predicted octanol–water partition coefficient (Wildman–Crippen LogP) is 3.27. The number of aryl methyl sites for hydroxylation is 1. The molecule has 3 atom stereocenters. The van der Waals surface area contributed by atoms with Gasteiger partial charge in [-0.25, -0.2) is 0 Å². The Labute approximate surface area is 150 Å². The fraction of sp³-hybridized carbons (Fsp3) is 0.556. The van der Waals surface area contributed by atoms with Gasteiger partial charge < -0.3 is 10.4 Å². The third-order valence-electron chi connectivity index (χ3n) is 5.63. The average molecular weight is 395 g/mol. The van der Waals surface area contributed by atoms with Gasteiger partial charge in [-0.3, -0.25) is 14.5 Å². The molecule has 24 heavy (non-hydrogen) atoms. The van der Waals surface area contributed by atoms with Crippen LogP contribution in [0.4, 0.5) is 5.69 Å². The van der Waals surface area contributed by atoms with Crippen LogP contribution >= 0.6 is 15.9 Å². The van der Waals surface area contributed by atoms with Gasteiger partial charge in [-0.15, -0.1) is 0 Å². The van der Waals surface area contributed by atoms with Gasteiger partial charge in [-0.05, 0) is 66.2 Å². The van der Waals surface area contributed by atoms with Crippen molar-refractivity contribution in [3.63, 3.8) is 0 Å². The molecule has 1 aliphatic heterocycles. The second-order valence-electron chi connectivity index (χ2n) is 7.13. The summed E-state index contributed by atoms with van der Waals surface area (Å²) in [5, 5.41) is 12.6. The number of nitrogens with zero attached hydrogens (tertiary/aromatic N) is 1. The summed E-state index contributed by atoms with van der Waals surface area (Å²) in [5.41, 5.74) is 1.20. The fourth-order valence-electron chi connectivity index (χ4n) is 4.10. The van der Waals surface area contributed by atoms with E-state index in [2.05, 4.69) is 21.2 Å². The number of rotatable bonds is 4. The van der Waals surface area contributed by atoms with Gasteiger partial charge in [0.05, 0.1) is 17.1 Å². The number of likely N-dealkylation sites (tertiary alicyclic amines) is 1. The number of halogens is 1. The van der Waals surface area contributed by atoms with Gasteiger partial charge in [0.25, 0.3) is 0 Å². The molecule has 0 bridgehead atoms. The molecule has 1 aromatic rings. The lowest BCUT2D eigenvalue weighted by atomic mass is 9.81. The Bertz CT molecular complexity index is 678. The minimum Gasteiger partial charge on any atom is -0.481 e. The Morgan fingerprint density at radius 3 is 2.83 bits per heavy atom. The number of carboxylic acids is 1. The highest BCUT2D eigenvalue weighted by molar-refractivity contribution is 9.10. The van der Waals surface area contributed by atoms with Crippen LogP contribution in [0.5, 0.6) is 0 Å². The molecule has 1 unspecified atom stereocenters. The predicted molar refractivity (Wildman–Crippen MR) is 96.0 cm³/mol. The first-order valence-electron chi connectivity index (χ1n) is 8.38. The molecular weight excluding hydrogens is 372 g/mol. The molecule has 1 saturated carbocycles. The highest BCUT2D eigenvalue weighted by atomic mass is 79.9. The molecule has 1 heterocycles. The van der Waals surface area contributed by atoms with Gasteiger partial charge in [0.2, 0.25) is 5.91 Å². The summed E-state index contributed by atoms with van der Waals surface area (Å²) in [7, 11) is 0. The van der Waals surface area contributed by atoms with Crippen molar-refractivity contribution >= 4 is 33.5 Å². The first-order chi connectivity index (χ1) is 11.3. The van der Waals surface area contributed by atoms with Crippen molar-refractivity contribution in [3.05, 3.63) is 28.2 Å². The minimum absolute atomic E-state index is 0.0972. The number of hydrogen-bond acceptors (Lipinski definition) is 3. The summed E-state index contributed by atoms with van der Waals surface area (Å²) in [6.07, 6.45) is 2.64. The number of benzene rings is 1. The Kier molecular flexibility index (Phi) is 4.71. The standard InChI is InChI=1S/C18H23BrN2O3/c1-11-5-6-15(14(19)8-11)20-16(22)12(2)21-9-13-4-3-7-18(13,10-21)17(23)24/h5-6,8,12-13H,3-4,7,9-10H2,1-2H3,(H,20,22)(H,23,24)/t12?,13-,18+/m0/s1. The number of amides is 1. The minimum atomic E-state index is -0.707. The van der Waals surface area contributed by atoms with Crippen molar-refractivity contribution in [1.82, 2.24) is 4.90 Å². The number of carboxylic acid groups (broad SMARTS) is 1. The monoisotopic (exact) mass is 394 g/mol. The number of anilines is 1. The first kappa shape index (κ1) is 17.4. The Morgan fingerprint density at radius 2 is 2.21 bits per heavy atom. The number of aliphatic carboxylic acids is 1. The van der Waals surface area contributed by atoms with Crippen LogP contribution < -0.4 is 5.32 Å². The van der Waals surface area contributed by atoms with E-state index in [1.807, 2.05) is 36.9 Å².